The minimum atomic E-state index is -3.17. The van der Waals surface area contributed by atoms with Gasteiger partial charge in [-0.1, -0.05) is 0 Å². The average Bonchev–Trinajstić information content (AvgIpc) is 3.26. The monoisotopic (exact) mass is 330 g/mol. The van der Waals surface area contributed by atoms with E-state index in [4.69, 9.17) is 4.74 Å². The second-order valence-corrected chi connectivity index (χ2v) is 9.27. The first kappa shape index (κ1) is 16.2. The molecule has 0 unspecified atom stereocenters. The van der Waals surface area contributed by atoms with Crippen molar-refractivity contribution in [3.8, 4) is 0 Å². The van der Waals surface area contributed by atoms with Crippen LogP contribution in [0.15, 0.2) is 0 Å². The fourth-order valence-corrected chi connectivity index (χ4v) is 6.09. The molecule has 0 N–H and O–H groups in total. The lowest BCUT2D eigenvalue weighted by Gasteiger charge is -2.38. The Labute approximate surface area is 132 Å². The molecule has 22 heavy (non-hydrogen) atoms. The lowest BCUT2D eigenvalue weighted by atomic mass is 9.76. The molecule has 3 aliphatic rings. The molecular weight excluding hydrogens is 304 g/mol. The van der Waals surface area contributed by atoms with Crippen molar-refractivity contribution in [2.75, 3.05) is 33.4 Å². The second kappa shape index (κ2) is 5.76. The summed E-state index contributed by atoms with van der Waals surface area (Å²) in [4.78, 5) is 13.4. The smallest absolute Gasteiger partial charge is 0.219 e. The number of amides is 1. The third kappa shape index (κ3) is 2.90. The summed E-state index contributed by atoms with van der Waals surface area (Å²) in [5.74, 6) is 0.115. The Kier molecular flexibility index (Phi) is 4.24. The number of nitrogens with zero attached hydrogens (tertiary/aromatic N) is 2. The van der Waals surface area contributed by atoms with Gasteiger partial charge in [-0.15, -0.1) is 0 Å². The SMILES string of the molecule is COC[C@H]1CC2(CCN(C(C)=O)CC2)CN1S(=O)(=O)C1CC1. The molecule has 2 heterocycles. The molecule has 2 aliphatic heterocycles. The van der Waals surface area contributed by atoms with E-state index in [-0.39, 0.29) is 22.6 Å². The predicted octanol–water partition coefficient (Wildman–Crippen LogP) is 0.828. The number of methoxy groups -OCH3 is 1. The van der Waals surface area contributed by atoms with E-state index in [2.05, 4.69) is 0 Å². The summed E-state index contributed by atoms with van der Waals surface area (Å²) >= 11 is 0. The zero-order valence-corrected chi connectivity index (χ0v) is 14.3. The summed E-state index contributed by atoms with van der Waals surface area (Å²) in [6.45, 7) is 4.15. The first-order valence-corrected chi connectivity index (χ1v) is 9.63. The summed E-state index contributed by atoms with van der Waals surface area (Å²) in [6, 6.07) is -0.0421. The van der Waals surface area contributed by atoms with E-state index in [0.717, 1.165) is 45.2 Å². The minimum absolute atomic E-state index is 0.0249. The molecule has 0 aromatic carbocycles. The summed E-state index contributed by atoms with van der Waals surface area (Å²) in [5.41, 5.74) is 0.0249. The second-order valence-electron chi connectivity index (χ2n) is 7.11. The van der Waals surface area contributed by atoms with Crippen LogP contribution < -0.4 is 0 Å². The van der Waals surface area contributed by atoms with Crippen LogP contribution in [0.5, 0.6) is 0 Å². The number of rotatable bonds is 4. The highest BCUT2D eigenvalue weighted by Crippen LogP contribution is 2.46. The Balaban J connectivity index is 1.75. The molecule has 3 fully saturated rings. The van der Waals surface area contributed by atoms with E-state index >= 15 is 0 Å². The highest BCUT2D eigenvalue weighted by atomic mass is 32.2. The molecule has 1 aliphatic carbocycles. The van der Waals surface area contributed by atoms with Crippen LogP contribution in [-0.4, -0.2) is 68.2 Å². The Hall–Kier alpha value is -0.660. The normalized spacial score (nSPS) is 29.2. The van der Waals surface area contributed by atoms with Crippen molar-refractivity contribution in [2.24, 2.45) is 5.41 Å². The molecule has 1 saturated carbocycles. The van der Waals surface area contributed by atoms with Gasteiger partial charge >= 0.3 is 0 Å². The molecule has 126 valence electrons. The van der Waals surface area contributed by atoms with Crippen molar-refractivity contribution in [1.29, 1.82) is 0 Å². The number of ether oxygens (including phenoxy) is 1. The number of hydrogen-bond acceptors (Lipinski definition) is 4. The van der Waals surface area contributed by atoms with Gasteiger partial charge in [0.2, 0.25) is 15.9 Å². The zero-order valence-electron chi connectivity index (χ0n) is 13.5. The Bertz CT molecular complexity index is 536. The third-order valence-electron chi connectivity index (χ3n) is 5.47. The van der Waals surface area contributed by atoms with Crippen molar-refractivity contribution >= 4 is 15.9 Å². The highest BCUT2D eigenvalue weighted by molar-refractivity contribution is 7.90. The number of carbonyl (C=O) groups excluding carboxylic acids is 1. The van der Waals surface area contributed by atoms with Crippen molar-refractivity contribution in [3.63, 3.8) is 0 Å². The van der Waals surface area contributed by atoms with Crippen molar-refractivity contribution in [1.82, 2.24) is 9.21 Å². The van der Waals surface area contributed by atoms with Gasteiger partial charge in [0.1, 0.15) is 0 Å². The largest absolute Gasteiger partial charge is 0.383 e. The Morgan fingerprint density at radius 2 is 1.91 bits per heavy atom. The summed E-state index contributed by atoms with van der Waals surface area (Å²) < 4.78 is 32.4. The van der Waals surface area contributed by atoms with Crippen LogP contribution in [0.1, 0.15) is 39.0 Å². The van der Waals surface area contributed by atoms with E-state index in [0.29, 0.717) is 13.2 Å². The number of likely N-dealkylation sites (tertiary alicyclic amines) is 1. The van der Waals surface area contributed by atoms with Crippen LogP contribution >= 0.6 is 0 Å². The van der Waals surface area contributed by atoms with E-state index in [1.807, 2.05) is 4.90 Å². The molecule has 0 aromatic heterocycles. The summed E-state index contributed by atoms with van der Waals surface area (Å²) in [5, 5.41) is -0.167. The van der Waals surface area contributed by atoms with Gasteiger partial charge in [-0.25, -0.2) is 8.42 Å². The molecule has 7 heteroatoms. The molecule has 1 spiro atoms. The molecular formula is C15H26N2O4S. The Morgan fingerprint density at radius 1 is 1.27 bits per heavy atom. The number of sulfonamides is 1. The van der Waals surface area contributed by atoms with Crippen molar-refractivity contribution in [3.05, 3.63) is 0 Å². The van der Waals surface area contributed by atoms with Gasteiger partial charge in [-0.2, -0.15) is 4.31 Å². The lowest BCUT2D eigenvalue weighted by molar-refractivity contribution is -0.131. The Morgan fingerprint density at radius 3 is 2.41 bits per heavy atom. The van der Waals surface area contributed by atoms with Crippen molar-refractivity contribution < 1.29 is 17.9 Å². The fourth-order valence-electron chi connectivity index (χ4n) is 3.97. The topological polar surface area (TPSA) is 66.9 Å². The first-order valence-electron chi connectivity index (χ1n) is 8.13. The molecule has 6 nitrogen and oxygen atoms in total. The van der Waals surface area contributed by atoms with Crippen molar-refractivity contribution in [2.45, 2.75) is 50.3 Å². The van der Waals surface area contributed by atoms with Gasteiger partial charge in [0.25, 0.3) is 0 Å². The molecule has 0 radical (unpaired) electrons. The number of piperidine rings is 1. The zero-order chi connectivity index (χ0) is 16.0. The van der Waals surface area contributed by atoms with Crippen LogP contribution in [0.25, 0.3) is 0 Å². The van der Waals surface area contributed by atoms with Gasteiger partial charge in [0.05, 0.1) is 11.9 Å². The highest BCUT2D eigenvalue weighted by Gasteiger charge is 2.52. The van der Waals surface area contributed by atoms with Crippen LogP contribution in [-0.2, 0) is 19.6 Å². The minimum Gasteiger partial charge on any atom is -0.383 e. The quantitative estimate of drug-likeness (QED) is 0.766. The van der Waals surface area contributed by atoms with Gasteiger partial charge in [-0.3, -0.25) is 4.79 Å². The molecule has 0 bridgehead atoms. The predicted molar refractivity (Wildman–Crippen MR) is 82.8 cm³/mol. The molecule has 1 amide bonds. The third-order valence-corrected chi connectivity index (χ3v) is 7.86. The first-order chi connectivity index (χ1) is 10.4. The summed E-state index contributed by atoms with van der Waals surface area (Å²) in [7, 11) is -1.54. The molecule has 1 atom stereocenters. The maximum absolute atomic E-state index is 12.7. The summed E-state index contributed by atoms with van der Waals surface area (Å²) in [6.07, 6.45) is 4.23. The molecule has 3 rings (SSSR count). The van der Waals surface area contributed by atoms with E-state index in [9.17, 15) is 13.2 Å². The van der Waals surface area contributed by atoms with E-state index in [1.165, 1.54) is 0 Å². The van der Waals surface area contributed by atoms with Gasteiger partial charge in [0, 0.05) is 39.7 Å². The molecule has 2 saturated heterocycles. The standard InChI is InChI=1S/C15H26N2O4S/c1-12(18)16-7-5-15(6-8-16)9-13(10-21-2)17(11-15)22(19,20)14-3-4-14/h13-14H,3-11H2,1-2H3/t13-/m1/s1. The maximum atomic E-state index is 12.7. The lowest BCUT2D eigenvalue weighted by Crippen LogP contribution is -2.44. The fraction of sp³-hybridized carbons (Fsp3) is 0.933. The number of hydrogen-bond donors (Lipinski definition) is 0. The van der Waals surface area contributed by atoms with Gasteiger partial charge in [0.15, 0.2) is 0 Å². The van der Waals surface area contributed by atoms with Crippen LogP contribution in [0.3, 0.4) is 0 Å². The van der Waals surface area contributed by atoms with Gasteiger partial charge < -0.3 is 9.64 Å². The van der Waals surface area contributed by atoms with Gasteiger partial charge in [-0.05, 0) is 37.5 Å². The van der Waals surface area contributed by atoms with Crippen LogP contribution in [0.2, 0.25) is 0 Å². The van der Waals surface area contributed by atoms with E-state index < -0.39 is 10.0 Å². The van der Waals surface area contributed by atoms with E-state index in [1.54, 1.807) is 18.3 Å². The molecule has 0 aromatic rings. The average molecular weight is 330 g/mol. The number of carbonyl (C=O) groups is 1. The maximum Gasteiger partial charge on any atom is 0.219 e. The van der Waals surface area contributed by atoms with Crippen LogP contribution in [0, 0.1) is 5.41 Å². The van der Waals surface area contributed by atoms with Crippen LogP contribution in [0.4, 0.5) is 0 Å².